The van der Waals surface area contributed by atoms with E-state index in [1.54, 1.807) is 11.8 Å². The molecule has 1 aliphatic heterocycles. The molecule has 0 spiro atoms. The van der Waals surface area contributed by atoms with Crippen LogP contribution in [0.5, 0.6) is 0 Å². The number of Topliss-reactive ketones (excluding diaryl/α,β-unsaturated/α-hetero) is 1. The summed E-state index contributed by atoms with van der Waals surface area (Å²) in [4.78, 5) is 26.4. The van der Waals surface area contributed by atoms with Crippen molar-refractivity contribution in [2.75, 3.05) is 4.90 Å². The van der Waals surface area contributed by atoms with Crippen LogP contribution in [0.3, 0.4) is 0 Å². The molecule has 0 aromatic heterocycles. The van der Waals surface area contributed by atoms with Gasteiger partial charge in [0.15, 0.2) is 5.78 Å². The van der Waals surface area contributed by atoms with E-state index in [4.69, 9.17) is 0 Å². The third-order valence-electron chi connectivity index (χ3n) is 4.18. The molecule has 0 saturated heterocycles. The molecule has 1 aliphatic rings. The van der Waals surface area contributed by atoms with Crippen LogP contribution in [-0.2, 0) is 22.4 Å². The molecule has 112 valence electrons. The number of hydrogen-bond donors (Lipinski definition) is 0. The minimum Gasteiger partial charge on any atom is -0.301 e. The topological polar surface area (TPSA) is 37.4 Å². The number of carbonyl (C=O) groups is 2. The SMILES string of the molecule is CC(=O)[C@H](Cc1ccccc1)N1C(=O)CCc2ccccc21. The van der Waals surface area contributed by atoms with Gasteiger partial charge in [-0.3, -0.25) is 9.59 Å². The van der Waals surface area contributed by atoms with Crippen molar-refractivity contribution in [3.05, 3.63) is 65.7 Å². The summed E-state index contributed by atoms with van der Waals surface area (Å²) in [6.45, 7) is 1.57. The molecule has 3 heteroatoms. The zero-order valence-corrected chi connectivity index (χ0v) is 12.7. The first-order chi connectivity index (χ1) is 10.7. The number of hydrogen-bond acceptors (Lipinski definition) is 2. The average molecular weight is 293 g/mol. The molecule has 0 N–H and O–H groups in total. The third-order valence-corrected chi connectivity index (χ3v) is 4.18. The van der Waals surface area contributed by atoms with Crippen molar-refractivity contribution >= 4 is 17.4 Å². The second-order valence-corrected chi connectivity index (χ2v) is 5.71. The number of anilines is 1. The first kappa shape index (κ1) is 14.5. The molecule has 0 radical (unpaired) electrons. The predicted molar refractivity (Wildman–Crippen MR) is 86.9 cm³/mol. The van der Waals surface area contributed by atoms with Gasteiger partial charge in [0.1, 0.15) is 0 Å². The molecule has 1 atom stereocenters. The van der Waals surface area contributed by atoms with Crippen molar-refractivity contribution in [1.82, 2.24) is 0 Å². The second-order valence-electron chi connectivity index (χ2n) is 5.71. The Kier molecular flexibility index (Phi) is 4.05. The standard InChI is InChI=1S/C19H19NO2/c1-14(21)18(13-15-7-3-2-4-8-15)20-17-10-6-5-9-16(17)11-12-19(20)22/h2-10,18H,11-13H2,1H3/t18-/m0/s1. The Hall–Kier alpha value is -2.42. The summed E-state index contributed by atoms with van der Waals surface area (Å²) >= 11 is 0. The summed E-state index contributed by atoms with van der Waals surface area (Å²) in [7, 11) is 0. The number of benzene rings is 2. The van der Waals surface area contributed by atoms with E-state index in [-0.39, 0.29) is 11.7 Å². The number of rotatable bonds is 4. The maximum absolute atomic E-state index is 12.5. The van der Waals surface area contributed by atoms with Crippen molar-refractivity contribution in [2.24, 2.45) is 0 Å². The van der Waals surface area contributed by atoms with Gasteiger partial charge in [-0.25, -0.2) is 0 Å². The fourth-order valence-corrected chi connectivity index (χ4v) is 3.05. The summed E-state index contributed by atoms with van der Waals surface area (Å²) < 4.78 is 0. The smallest absolute Gasteiger partial charge is 0.228 e. The van der Waals surface area contributed by atoms with E-state index in [9.17, 15) is 9.59 Å². The molecule has 2 aromatic rings. The van der Waals surface area contributed by atoms with E-state index < -0.39 is 6.04 Å². The third kappa shape index (κ3) is 2.80. The Balaban J connectivity index is 1.98. The van der Waals surface area contributed by atoms with Crippen molar-refractivity contribution in [3.63, 3.8) is 0 Å². The number of amides is 1. The van der Waals surface area contributed by atoms with Gasteiger partial charge in [-0.1, -0.05) is 48.5 Å². The maximum atomic E-state index is 12.5. The molecule has 3 nitrogen and oxygen atoms in total. The van der Waals surface area contributed by atoms with Crippen LogP contribution >= 0.6 is 0 Å². The van der Waals surface area contributed by atoms with E-state index in [0.29, 0.717) is 12.8 Å². The largest absolute Gasteiger partial charge is 0.301 e. The molecule has 0 bridgehead atoms. The molecule has 0 fully saturated rings. The van der Waals surface area contributed by atoms with Crippen molar-refractivity contribution in [2.45, 2.75) is 32.2 Å². The van der Waals surface area contributed by atoms with E-state index >= 15 is 0 Å². The lowest BCUT2D eigenvalue weighted by Gasteiger charge is -2.35. The minimum absolute atomic E-state index is 0.0221. The Bertz CT molecular complexity index is 694. The van der Waals surface area contributed by atoms with Crippen LogP contribution in [0.15, 0.2) is 54.6 Å². The first-order valence-electron chi connectivity index (χ1n) is 7.61. The van der Waals surface area contributed by atoms with Crippen molar-refractivity contribution in [1.29, 1.82) is 0 Å². The van der Waals surface area contributed by atoms with E-state index in [0.717, 1.165) is 23.2 Å². The van der Waals surface area contributed by atoms with Gasteiger partial charge in [0.25, 0.3) is 0 Å². The highest BCUT2D eigenvalue weighted by Crippen LogP contribution is 2.30. The number of nitrogens with zero attached hydrogens (tertiary/aromatic N) is 1. The van der Waals surface area contributed by atoms with Crippen molar-refractivity contribution < 1.29 is 9.59 Å². The van der Waals surface area contributed by atoms with Gasteiger partial charge in [0, 0.05) is 18.5 Å². The normalized spacial score (nSPS) is 15.3. The summed E-state index contributed by atoms with van der Waals surface area (Å²) in [5.74, 6) is 0.0590. The molecule has 1 amide bonds. The van der Waals surface area contributed by atoms with Gasteiger partial charge >= 0.3 is 0 Å². The molecule has 2 aromatic carbocycles. The fraction of sp³-hybridized carbons (Fsp3) is 0.263. The number of carbonyl (C=O) groups excluding carboxylic acids is 2. The summed E-state index contributed by atoms with van der Waals surface area (Å²) in [6.07, 6.45) is 1.77. The summed E-state index contributed by atoms with van der Waals surface area (Å²) in [6, 6.07) is 17.3. The van der Waals surface area contributed by atoms with E-state index in [1.807, 2.05) is 54.6 Å². The number of ketones is 1. The highest BCUT2D eigenvalue weighted by molar-refractivity contribution is 6.02. The molecule has 1 heterocycles. The van der Waals surface area contributed by atoms with Gasteiger partial charge in [-0.05, 0) is 30.5 Å². The molecule has 0 saturated carbocycles. The summed E-state index contributed by atoms with van der Waals surface area (Å²) in [5.41, 5.74) is 3.09. The molecule has 0 aliphatic carbocycles. The van der Waals surface area contributed by atoms with Crippen LogP contribution in [0.25, 0.3) is 0 Å². The fourth-order valence-electron chi connectivity index (χ4n) is 3.05. The van der Waals surface area contributed by atoms with Crippen molar-refractivity contribution in [3.8, 4) is 0 Å². The number of para-hydroxylation sites is 1. The highest BCUT2D eigenvalue weighted by Gasteiger charge is 2.32. The van der Waals surface area contributed by atoms with Crippen LogP contribution in [-0.4, -0.2) is 17.7 Å². The number of aryl methyl sites for hydroxylation is 1. The molecular weight excluding hydrogens is 274 g/mol. The van der Waals surface area contributed by atoms with Gasteiger partial charge in [0.2, 0.25) is 5.91 Å². The van der Waals surface area contributed by atoms with E-state index in [2.05, 4.69) is 0 Å². The van der Waals surface area contributed by atoms with E-state index in [1.165, 1.54) is 0 Å². The molecule has 22 heavy (non-hydrogen) atoms. The first-order valence-corrected chi connectivity index (χ1v) is 7.61. The van der Waals surface area contributed by atoms with Crippen LogP contribution < -0.4 is 4.90 Å². The van der Waals surface area contributed by atoms with Crippen LogP contribution in [0.1, 0.15) is 24.5 Å². The predicted octanol–water partition coefficient (Wildman–Crippen LogP) is 3.17. The Morgan fingerprint density at radius 2 is 1.73 bits per heavy atom. The van der Waals surface area contributed by atoms with Gasteiger partial charge in [0.05, 0.1) is 6.04 Å². The summed E-state index contributed by atoms with van der Waals surface area (Å²) in [5, 5.41) is 0. The van der Waals surface area contributed by atoms with Crippen LogP contribution in [0.2, 0.25) is 0 Å². The number of fused-ring (bicyclic) bond motifs is 1. The monoisotopic (exact) mass is 293 g/mol. The van der Waals surface area contributed by atoms with Gasteiger partial charge in [-0.2, -0.15) is 0 Å². The van der Waals surface area contributed by atoms with Gasteiger partial charge < -0.3 is 4.90 Å². The second kappa shape index (κ2) is 6.14. The lowest BCUT2D eigenvalue weighted by atomic mass is 9.95. The Morgan fingerprint density at radius 3 is 2.45 bits per heavy atom. The zero-order valence-electron chi connectivity index (χ0n) is 12.7. The molecular formula is C19H19NO2. The van der Waals surface area contributed by atoms with Crippen LogP contribution in [0, 0.1) is 0 Å². The Morgan fingerprint density at radius 1 is 1.05 bits per heavy atom. The van der Waals surface area contributed by atoms with Crippen LogP contribution in [0.4, 0.5) is 5.69 Å². The Labute approximate surface area is 130 Å². The lowest BCUT2D eigenvalue weighted by Crippen LogP contribution is -2.48. The highest BCUT2D eigenvalue weighted by atomic mass is 16.2. The lowest BCUT2D eigenvalue weighted by molar-refractivity contribution is -0.124. The molecule has 3 rings (SSSR count). The zero-order chi connectivity index (χ0) is 15.5. The maximum Gasteiger partial charge on any atom is 0.228 e. The minimum atomic E-state index is -0.434. The molecule has 0 unspecified atom stereocenters. The quantitative estimate of drug-likeness (QED) is 0.868. The average Bonchev–Trinajstić information content (AvgIpc) is 2.54. The van der Waals surface area contributed by atoms with Gasteiger partial charge in [-0.15, -0.1) is 0 Å².